The fourth-order valence-electron chi connectivity index (χ4n) is 9.28. The fourth-order valence-corrected chi connectivity index (χ4v) is 9.28. The first-order chi connectivity index (χ1) is 58.3. The quantitative estimate of drug-likeness (QED) is 0.0162. The molecule has 0 amide bonds. The van der Waals surface area contributed by atoms with Crippen molar-refractivity contribution in [2.75, 3.05) is 145 Å². The molecule has 2 heterocycles. The average molecular weight is 1900 g/mol. The molecule has 0 atom stereocenters. The number of ketones is 2. The molecule has 2 saturated heterocycles. The van der Waals surface area contributed by atoms with Crippen LogP contribution in [0.2, 0.25) is 0 Å². The number of hydrogen-bond acceptors (Lipinski definition) is 19. The number of nitrogens with one attached hydrogen (secondary N) is 3. The zero-order valence-corrected chi connectivity index (χ0v) is 93.6. The maximum atomic E-state index is 11.2. The number of hydrogen-bond donors (Lipinski definition) is 8. The Morgan fingerprint density at radius 2 is 0.748 bits per heavy atom. The Hall–Kier alpha value is -2.50. The topological polar surface area (TPSA) is 258 Å². The molecule has 0 bridgehead atoms. The van der Waals surface area contributed by atoms with E-state index in [0.29, 0.717) is 93.8 Å². The van der Waals surface area contributed by atoms with Crippen LogP contribution < -0.4 is 33.2 Å². The molecule has 131 heavy (non-hydrogen) atoms. The summed E-state index contributed by atoms with van der Waals surface area (Å²) in [7, 11) is 2.83. The van der Waals surface area contributed by atoms with Crippen molar-refractivity contribution >= 4 is 23.5 Å². The minimum atomic E-state index is -0.159. The van der Waals surface area contributed by atoms with E-state index in [0.717, 1.165) is 89.0 Å². The third-order valence-corrected chi connectivity index (χ3v) is 14.9. The van der Waals surface area contributed by atoms with Crippen LogP contribution in [0.25, 0.3) is 0 Å². The number of nitrogens with two attached hydrogens (primary N) is 3. The van der Waals surface area contributed by atoms with Gasteiger partial charge in [0.2, 0.25) is 0 Å². The monoisotopic (exact) mass is 1900 g/mol. The lowest BCUT2D eigenvalue weighted by Crippen LogP contribution is -2.49. The number of esters is 2. The minimum absolute atomic E-state index is 0. The first-order valence-electron chi connectivity index (χ1n) is 51.3. The highest BCUT2D eigenvalue weighted by atomic mass is 16.5. The predicted octanol–water partition coefficient (Wildman–Crippen LogP) is 29.5. The van der Waals surface area contributed by atoms with Gasteiger partial charge in [-0.2, -0.15) is 0 Å². The highest BCUT2D eigenvalue weighted by Gasteiger charge is 2.18. The molecule has 0 saturated carbocycles. The summed E-state index contributed by atoms with van der Waals surface area (Å²) < 4.78 is 9.05. The molecule has 11 N–H and O–H groups in total. The van der Waals surface area contributed by atoms with Crippen LogP contribution in [-0.4, -0.2) is 240 Å². The average Bonchev–Trinajstić information content (AvgIpc) is 0.899. The van der Waals surface area contributed by atoms with Crippen molar-refractivity contribution in [1.29, 1.82) is 0 Å². The number of carbonyl (C=O) groups is 4. The van der Waals surface area contributed by atoms with Gasteiger partial charge in [0.15, 0.2) is 5.78 Å². The second-order valence-corrected chi connectivity index (χ2v) is 35.7. The lowest BCUT2D eigenvalue weighted by Gasteiger charge is -2.36. The maximum absolute atomic E-state index is 11.2. The number of rotatable bonds is 39. The first-order valence-corrected chi connectivity index (χ1v) is 51.3. The molecule has 19 heteroatoms. The predicted molar refractivity (Wildman–Crippen MR) is 614 cm³/mol. The largest absolute Gasteiger partial charge is 0.469 e. The van der Waals surface area contributed by atoms with Gasteiger partial charge in [-0.3, -0.25) is 38.8 Å². The molecule has 0 radical (unpaired) electrons. The number of Topliss-reactive ketones (excluding diaryl/α,β-unsaturated/α-hetero) is 1. The summed E-state index contributed by atoms with van der Waals surface area (Å²) in [6.07, 6.45) is 27.8. The van der Waals surface area contributed by atoms with Gasteiger partial charge in [-0.1, -0.05) is 365 Å². The van der Waals surface area contributed by atoms with Gasteiger partial charge in [-0.15, -0.1) is 0 Å². The van der Waals surface area contributed by atoms with E-state index in [9.17, 15) is 19.2 Å². The van der Waals surface area contributed by atoms with E-state index in [2.05, 4.69) is 320 Å². The van der Waals surface area contributed by atoms with Gasteiger partial charge in [0.05, 0.1) is 40.3 Å². The Kier molecular flexibility index (Phi) is 258. The lowest BCUT2D eigenvalue weighted by molar-refractivity contribution is -0.141. The molecule has 0 aromatic rings. The number of ether oxygens (including phenoxy) is 2. The van der Waals surface area contributed by atoms with Gasteiger partial charge in [-0.25, -0.2) is 0 Å². The summed E-state index contributed by atoms with van der Waals surface area (Å²) in [6.45, 7) is 112. The molecular weight excluding hydrogens is 1630 g/mol. The van der Waals surface area contributed by atoms with Crippen LogP contribution in [0.5, 0.6) is 0 Å². The summed E-state index contributed by atoms with van der Waals surface area (Å²) in [5.74, 6) is 3.64. The van der Waals surface area contributed by atoms with Crippen molar-refractivity contribution in [2.24, 2.45) is 46.8 Å². The molecule has 824 valence electrons. The molecular formula is C112H273N11O8. The van der Waals surface area contributed by atoms with Crippen LogP contribution >= 0.6 is 0 Å². The molecule has 2 aliphatic heterocycles. The normalized spacial score (nSPS) is 11.0. The Morgan fingerprint density at radius 1 is 0.382 bits per heavy atom. The van der Waals surface area contributed by atoms with Crippen molar-refractivity contribution < 1.29 is 38.9 Å². The number of methoxy groups -OCH3 is 2. The van der Waals surface area contributed by atoms with E-state index in [4.69, 9.17) is 27.4 Å². The van der Waals surface area contributed by atoms with E-state index in [1.807, 2.05) is 27.7 Å². The maximum Gasteiger partial charge on any atom is 0.306 e. The highest BCUT2D eigenvalue weighted by Crippen LogP contribution is 2.12. The highest BCUT2D eigenvalue weighted by molar-refractivity contribution is 5.89. The summed E-state index contributed by atoms with van der Waals surface area (Å²) >= 11 is 0. The van der Waals surface area contributed by atoms with Crippen molar-refractivity contribution in [1.82, 2.24) is 40.4 Å². The first kappa shape index (κ1) is 191. The molecule has 0 spiro atoms. The zero-order chi connectivity index (χ0) is 101. The fraction of sp³-hybridized carbons (Fsp3) is 0.946. The number of nitrogens with zero attached hydrogens (tertiary/aromatic N) is 5. The number of piperidine rings is 1. The summed E-state index contributed by atoms with van der Waals surface area (Å²) in [6, 6.07) is 3.21. The van der Waals surface area contributed by atoms with Gasteiger partial charge < -0.3 is 57.7 Å². The van der Waals surface area contributed by atoms with Crippen molar-refractivity contribution in [2.45, 2.75) is 533 Å². The van der Waals surface area contributed by atoms with Gasteiger partial charge >= 0.3 is 11.9 Å². The second kappa shape index (κ2) is 177. The molecule has 0 aromatic carbocycles. The Balaban J connectivity index is -0.0000000429. The number of carbonyl (C=O) groups excluding carboxylic acids is 4. The van der Waals surface area contributed by atoms with Crippen LogP contribution in [0.15, 0.2) is 12.7 Å². The third kappa shape index (κ3) is 256. The van der Waals surface area contributed by atoms with Crippen LogP contribution in [0.1, 0.15) is 497 Å². The van der Waals surface area contributed by atoms with Crippen LogP contribution in [-0.2, 0) is 28.7 Å². The van der Waals surface area contributed by atoms with Gasteiger partial charge in [0, 0.05) is 134 Å². The summed E-state index contributed by atoms with van der Waals surface area (Å²) in [4.78, 5) is 55.4. The number of aliphatic hydroxyl groups is 2. The van der Waals surface area contributed by atoms with E-state index in [-0.39, 0.29) is 88.7 Å². The smallest absolute Gasteiger partial charge is 0.306 e. The van der Waals surface area contributed by atoms with Gasteiger partial charge in [0.25, 0.3) is 0 Å². The SMILES string of the molecule is C.C.C.C.C.C.C.C=CC(=O)CCCC(=O)CC(C)C.CC(C)CCCN1CCCCC1.CC(C)CCCNCCO.CC(C)CCN.CC(C)CNC(C)C.CC(C)N(CCN)CCO.CC(C)N1CCN(CCN)CC1.CCC.CCC.CCC.CCC.CCC.CCC.CCC.CCC.CCC.CCC.COC(=O)CCN(C(C)C)C(C)C.COC(=O)CCNC(C)C. The molecule has 19 nitrogen and oxygen atoms in total. The van der Waals surface area contributed by atoms with Crippen molar-refractivity contribution in [3.63, 3.8) is 0 Å². The second-order valence-electron chi connectivity index (χ2n) is 35.7. The molecule has 2 fully saturated rings. The van der Waals surface area contributed by atoms with Crippen molar-refractivity contribution in [3.05, 3.63) is 12.7 Å². The van der Waals surface area contributed by atoms with Gasteiger partial charge in [-0.05, 0) is 182 Å². The molecule has 0 aromatic heterocycles. The third-order valence-electron chi connectivity index (χ3n) is 14.9. The number of piperazine rings is 1. The zero-order valence-electron chi connectivity index (χ0n) is 93.6. The van der Waals surface area contributed by atoms with Crippen LogP contribution in [0, 0.1) is 29.6 Å². The standard InChI is InChI=1S/C11H23N.C11H18O2.C10H21NO2.C9H21N3.C8H19NO.C7H18N2O.C7H15NO2.C7H17N.C5H13N.10C3H8.7CH4/c1-11(2)7-6-10-12-8-4-3-5-9-12;1-4-10(12)6-5-7-11(13)8-9(2)3;1-8(2)11(9(3)4)7-6-10(12)13-5;1-9(2)12-7-5-11(4-3-10)6-8-12;1-8(2)4-3-5-9-6-7-10;1-7(2)9(4-3-8)5-6-10;1-6(2)8-5-4-7(9)10-3;1-6(2)5-8-7(3)4;1-5(2)3-4-6;10*1-3-2;;;;;;;/h11H,3-10H2,1-2H3;4,9H,1,5-8H2,2-3H3;8-9H,6-7H2,1-5H3;9H,3-8,10H2,1-2H3;8-10H,3-7H2,1-2H3;7,10H,3-6,8H2,1-2H3;6,8H,4-5H2,1-3H3;6-8H,5H2,1-4H3;5H,3-4,6H2,1-2H3;10*3H2,1-2H3;7*1H4. The molecule has 2 rings (SSSR count). The van der Waals surface area contributed by atoms with E-state index in [1.165, 1.54) is 175 Å². The minimum Gasteiger partial charge on any atom is -0.469 e. The van der Waals surface area contributed by atoms with E-state index in [1.54, 1.807) is 0 Å². The summed E-state index contributed by atoms with van der Waals surface area (Å²) in [5, 5.41) is 26.6. The molecule has 0 aliphatic carbocycles. The summed E-state index contributed by atoms with van der Waals surface area (Å²) in [5.41, 5.74) is 16.1. The van der Waals surface area contributed by atoms with E-state index >= 15 is 0 Å². The number of likely N-dealkylation sites (tertiary alicyclic amines) is 1. The Morgan fingerprint density at radius 3 is 1.02 bits per heavy atom. The lowest BCUT2D eigenvalue weighted by atomic mass is 10.0. The van der Waals surface area contributed by atoms with Crippen molar-refractivity contribution in [3.8, 4) is 0 Å². The molecule has 2 aliphatic rings. The number of allylic oxidation sites excluding steroid dienone is 1. The Bertz CT molecular complexity index is 1710. The van der Waals surface area contributed by atoms with Gasteiger partial charge in [0.1, 0.15) is 5.78 Å². The number of aliphatic hydroxyl groups excluding tert-OH is 2. The van der Waals surface area contributed by atoms with Crippen LogP contribution in [0.4, 0.5) is 0 Å². The molecule has 0 unspecified atom stereocenters. The Labute approximate surface area is 836 Å². The van der Waals surface area contributed by atoms with E-state index < -0.39 is 0 Å². The van der Waals surface area contributed by atoms with Crippen LogP contribution in [0.3, 0.4) is 0 Å².